The maximum absolute atomic E-state index is 10.0. The predicted molar refractivity (Wildman–Crippen MR) is 75.4 cm³/mol. The van der Waals surface area contributed by atoms with E-state index >= 15 is 0 Å². The Morgan fingerprint density at radius 1 is 1.33 bits per heavy atom. The molecule has 1 unspecified atom stereocenters. The molecule has 0 saturated heterocycles. The van der Waals surface area contributed by atoms with Gasteiger partial charge in [-0.1, -0.05) is 29.3 Å². The molecule has 2 N–H and O–H groups in total. The highest BCUT2D eigenvalue weighted by atomic mass is 35.5. The number of methoxy groups -OCH3 is 1. The van der Waals surface area contributed by atoms with E-state index in [1.165, 1.54) is 0 Å². The van der Waals surface area contributed by atoms with Crippen molar-refractivity contribution in [3.8, 4) is 0 Å². The molecule has 0 heterocycles. The monoisotopic (exact) mass is 291 g/mol. The van der Waals surface area contributed by atoms with Crippen molar-refractivity contribution in [1.82, 2.24) is 5.32 Å². The average molecular weight is 292 g/mol. The molecule has 1 aromatic carbocycles. The van der Waals surface area contributed by atoms with E-state index in [2.05, 4.69) is 5.32 Å². The van der Waals surface area contributed by atoms with Crippen molar-refractivity contribution in [1.29, 1.82) is 0 Å². The predicted octanol–water partition coefficient (Wildman–Crippen LogP) is 3.04. The number of halogens is 2. The third-order valence-electron chi connectivity index (χ3n) is 2.62. The molecule has 3 nitrogen and oxygen atoms in total. The summed E-state index contributed by atoms with van der Waals surface area (Å²) < 4.78 is 4.95. The molecule has 18 heavy (non-hydrogen) atoms. The fourth-order valence-corrected chi connectivity index (χ4v) is 2.17. The van der Waals surface area contributed by atoms with Gasteiger partial charge in [0.15, 0.2) is 0 Å². The fourth-order valence-electron chi connectivity index (χ4n) is 1.63. The van der Waals surface area contributed by atoms with E-state index < -0.39 is 6.10 Å². The van der Waals surface area contributed by atoms with Gasteiger partial charge in [-0.3, -0.25) is 0 Å². The van der Waals surface area contributed by atoms with Crippen LogP contribution in [0.2, 0.25) is 10.0 Å². The SMILES string of the molecule is COCCCNCCC(O)c1ccc(Cl)cc1Cl. The lowest BCUT2D eigenvalue weighted by molar-refractivity contribution is 0.165. The van der Waals surface area contributed by atoms with Crippen LogP contribution >= 0.6 is 23.2 Å². The summed E-state index contributed by atoms with van der Waals surface area (Å²) in [7, 11) is 1.69. The average Bonchev–Trinajstić information content (AvgIpc) is 2.33. The summed E-state index contributed by atoms with van der Waals surface area (Å²) in [6.45, 7) is 2.37. The molecule has 0 aliphatic carbocycles. The largest absolute Gasteiger partial charge is 0.388 e. The molecular weight excluding hydrogens is 273 g/mol. The quantitative estimate of drug-likeness (QED) is 0.724. The minimum absolute atomic E-state index is 0.509. The highest BCUT2D eigenvalue weighted by Gasteiger charge is 2.11. The number of aliphatic hydroxyl groups is 1. The zero-order chi connectivity index (χ0) is 13.4. The van der Waals surface area contributed by atoms with Crippen LogP contribution in [0.5, 0.6) is 0 Å². The van der Waals surface area contributed by atoms with Gasteiger partial charge in [-0.25, -0.2) is 0 Å². The van der Waals surface area contributed by atoms with Crippen LogP contribution in [0.4, 0.5) is 0 Å². The number of hydrogen-bond acceptors (Lipinski definition) is 3. The van der Waals surface area contributed by atoms with Gasteiger partial charge in [-0.2, -0.15) is 0 Å². The smallest absolute Gasteiger partial charge is 0.0816 e. The first-order valence-electron chi connectivity index (χ1n) is 5.98. The topological polar surface area (TPSA) is 41.5 Å². The first-order valence-corrected chi connectivity index (χ1v) is 6.73. The Morgan fingerprint density at radius 2 is 2.11 bits per heavy atom. The van der Waals surface area contributed by atoms with Gasteiger partial charge in [0.05, 0.1) is 6.10 Å². The number of hydrogen-bond donors (Lipinski definition) is 2. The lowest BCUT2D eigenvalue weighted by Crippen LogP contribution is -2.20. The molecular formula is C13H19Cl2NO2. The fraction of sp³-hybridized carbons (Fsp3) is 0.538. The minimum Gasteiger partial charge on any atom is -0.388 e. The second kappa shape index (κ2) is 8.73. The lowest BCUT2D eigenvalue weighted by atomic mass is 10.1. The van der Waals surface area contributed by atoms with Crippen molar-refractivity contribution in [2.75, 3.05) is 26.8 Å². The summed E-state index contributed by atoms with van der Waals surface area (Å²) in [5, 5.41) is 14.3. The van der Waals surface area contributed by atoms with Gasteiger partial charge < -0.3 is 15.2 Å². The van der Waals surface area contributed by atoms with Crippen molar-refractivity contribution in [3.63, 3.8) is 0 Å². The number of benzene rings is 1. The number of ether oxygens (including phenoxy) is 1. The molecule has 0 saturated carbocycles. The van der Waals surface area contributed by atoms with Crippen molar-refractivity contribution < 1.29 is 9.84 Å². The van der Waals surface area contributed by atoms with E-state index in [1.54, 1.807) is 25.3 Å². The van der Waals surface area contributed by atoms with E-state index in [-0.39, 0.29) is 0 Å². The number of rotatable bonds is 8. The molecule has 0 spiro atoms. The molecule has 0 aliphatic heterocycles. The van der Waals surface area contributed by atoms with E-state index in [4.69, 9.17) is 27.9 Å². The van der Waals surface area contributed by atoms with Crippen LogP contribution in [0.1, 0.15) is 24.5 Å². The Kier molecular flexibility index (Phi) is 7.63. The third-order valence-corrected chi connectivity index (χ3v) is 3.18. The zero-order valence-electron chi connectivity index (χ0n) is 10.5. The third kappa shape index (κ3) is 5.55. The van der Waals surface area contributed by atoms with Gasteiger partial charge in [-0.05, 0) is 43.6 Å². The van der Waals surface area contributed by atoms with Gasteiger partial charge in [0.1, 0.15) is 0 Å². The maximum Gasteiger partial charge on any atom is 0.0816 e. The molecule has 1 rings (SSSR count). The van der Waals surface area contributed by atoms with Crippen LogP contribution in [-0.2, 0) is 4.74 Å². The summed E-state index contributed by atoms with van der Waals surface area (Å²) in [4.78, 5) is 0. The Labute approximate surface area is 118 Å². The Hall–Kier alpha value is -0.320. The van der Waals surface area contributed by atoms with Crippen LogP contribution in [0, 0.1) is 0 Å². The number of aliphatic hydroxyl groups excluding tert-OH is 1. The summed E-state index contributed by atoms with van der Waals surface area (Å²) in [6, 6.07) is 5.14. The summed E-state index contributed by atoms with van der Waals surface area (Å²) in [5.41, 5.74) is 0.722. The van der Waals surface area contributed by atoms with Crippen LogP contribution < -0.4 is 5.32 Å². The molecule has 1 atom stereocenters. The van der Waals surface area contributed by atoms with E-state index in [1.807, 2.05) is 0 Å². The Morgan fingerprint density at radius 3 is 2.78 bits per heavy atom. The second-order valence-electron chi connectivity index (χ2n) is 4.07. The normalized spacial score (nSPS) is 12.7. The molecule has 5 heteroatoms. The maximum atomic E-state index is 10.0. The van der Waals surface area contributed by atoms with Crippen LogP contribution in [0.25, 0.3) is 0 Å². The second-order valence-corrected chi connectivity index (χ2v) is 4.91. The highest BCUT2D eigenvalue weighted by Crippen LogP contribution is 2.27. The van der Waals surface area contributed by atoms with Gasteiger partial charge in [0.2, 0.25) is 0 Å². The van der Waals surface area contributed by atoms with E-state index in [0.717, 1.165) is 31.7 Å². The van der Waals surface area contributed by atoms with Crippen LogP contribution in [0.15, 0.2) is 18.2 Å². The van der Waals surface area contributed by atoms with Gasteiger partial charge >= 0.3 is 0 Å². The van der Waals surface area contributed by atoms with Gasteiger partial charge in [-0.15, -0.1) is 0 Å². The van der Waals surface area contributed by atoms with Crippen molar-refractivity contribution >= 4 is 23.2 Å². The summed E-state index contributed by atoms with van der Waals surface area (Å²) in [6.07, 6.45) is 1.02. The first kappa shape index (κ1) is 15.7. The number of nitrogens with one attached hydrogen (secondary N) is 1. The molecule has 102 valence electrons. The Balaban J connectivity index is 2.29. The van der Waals surface area contributed by atoms with Gasteiger partial charge in [0, 0.05) is 23.8 Å². The van der Waals surface area contributed by atoms with Crippen molar-refractivity contribution in [3.05, 3.63) is 33.8 Å². The molecule has 0 amide bonds. The standard InChI is InChI=1S/C13H19Cl2NO2/c1-18-8-2-6-16-7-5-13(17)11-4-3-10(14)9-12(11)15/h3-4,9,13,16-17H,2,5-8H2,1H3. The first-order chi connectivity index (χ1) is 8.65. The summed E-state index contributed by atoms with van der Waals surface area (Å²) >= 11 is 11.8. The summed E-state index contributed by atoms with van der Waals surface area (Å²) in [5.74, 6) is 0. The van der Waals surface area contributed by atoms with Crippen LogP contribution in [0.3, 0.4) is 0 Å². The van der Waals surface area contributed by atoms with Gasteiger partial charge in [0.25, 0.3) is 0 Å². The molecule has 0 aromatic heterocycles. The molecule has 0 bridgehead atoms. The molecule has 1 aromatic rings. The minimum atomic E-state index is -0.565. The van der Waals surface area contributed by atoms with E-state index in [9.17, 15) is 5.11 Å². The van der Waals surface area contributed by atoms with Crippen LogP contribution in [-0.4, -0.2) is 31.9 Å². The molecule has 0 fully saturated rings. The highest BCUT2D eigenvalue weighted by molar-refractivity contribution is 6.35. The molecule has 0 aliphatic rings. The van der Waals surface area contributed by atoms with Crippen molar-refractivity contribution in [2.45, 2.75) is 18.9 Å². The van der Waals surface area contributed by atoms with Crippen molar-refractivity contribution in [2.24, 2.45) is 0 Å². The molecule has 0 radical (unpaired) electrons. The Bertz CT molecular complexity index is 361. The van der Waals surface area contributed by atoms with E-state index in [0.29, 0.717) is 16.5 Å². The zero-order valence-corrected chi connectivity index (χ0v) is 12.0. The lowest BCUT2D eigenvalue weighted by Gasteiger charge is -2.13.